The van der Waals surface area contributed by atoms with Crippen LogP contribution in [-0.2, 0) is 4.74 Å². The number of halogens is 3. The van der Waals surface area contributed by atoms with Gasteiger partial charge in [0, 0.05) is 5.41 Å². The molecule has 0 aliphatic carbocycles. The molecule has 0 spiro atoms. The van der Waals surface area contributed by atoms with E-state index in [0.29, 0.717) is 0 Å². The van der Waals surface area contributed by atoms with Gasteiger partial charge in [-0.15, -0.1) is 0 Å². The van der Waals surface area contributed by atoms with Crippen LogP contribution in [0, 0.1) is 5.41 Å². The minimum absolute atomic E-state index is 0.405. The Morgan fingerprint density at radius 2 is 1.57 bits per heavy atom. The quantitative estimate of drug-likeness (QED) is 0.868. The number of carbonyl (C=O) groups excluding carboxylic acids is 1. The number of ether oxygens (including phenoxy) is 1. The average molecular weight is 304 g/mol. The summed E-state index contributed by atoms with van der Waals surface area (Å²) >= 11 is 0. The van der Waals surface area contributed by atoms with Gasteiger partial charge in [0.2, 0.25) is 6.10 Å². The fourth-order valence-electron chi connectivity index (χ4n) is 1.75. The summed E-state index contributed by atoms with van der Waals surface area (Å²) < 4.78 is 43.4. The molecule has 7 heteroatoms. The van der Waals surface area contributed by atoms with Gasteiger partial charge in [-0.05, 0) is 12.1 Å². The van der Waals surface area contributed by atoms with Crippen molar-refractivity contribution >= 4 is 11.9 Å². The van der Waals surface area contributed by atoms with E-state index in [1.54, 1.807) is 0 Å². The second-order valence-electron chi connectivity index (χ2n) is 5.54. The number of aromatic carboxylic acids is 1. The highest BCUT2D eigenvalue weighted by Crippen LogP contribution is 2.36. The molecule has 0 fully saturated rings. The highest BCUT2D eigenvalue weighted by atomic mass is 19.4. The Balaban J connectivity index is 3.13. The van der Waals surface area contributed by atoms with E-state index in [9.17, 15) is 22.8 Å². The Hall–Kier alpha value is -2.05. The summed E-state index contributed by atoms with van der Waals surface area (Å²) in [5.41, 5.74) is -2.19. The minimum atomic E-state index is -4.74. The summed E-state index contributed by atoms with van der Waals surface area (Å²) in [5, 5.41) is 8.94. The molecular formula is C14H15F3O4. The van der Waals surface area contributed by atoms with Gasteiger partial charge < -0.3 is 9.84 Å². The predicted octanol–water partition coefficient (Wildman–Crippen LogP) is 3.52. The lowest BCUT2D eigenvalue weighted by Gasteiger charge is -2.31. The smallest absolute Gasteiger partial charge is 0.426 e. The van der Waals surface area contributed by atoms with Crippen molar-refractivity contribution < 1.29 is 32.6 Å². The summed E-state index contributed by atoms with van der Waals surface area (Å²) in [6.45, 7) is 3.84. The summed E-state index contributed by atoms with van der Waals surface area (Å²) in [6.07, 6.45) is -7.08. The Bertz CT molecular complexity index is 530. The molecule has 0 saturated heterocycles. The Morgan fingerprint density at radius 1 is 1.10 bits per heavy atom. The van der Waals surface area contributed by atoms with Crippen LogP contribution in [0.4, 0.5) is 13.2 Å². The van der Waals surface area contributed by atoms with Crippen LogP contribution in [0.1, 0.15) is 41.5 Å². The molecule has 0 aliphatic heterocycles. The van der Waals surface area contributed by atoms with Crippen LogP contribution in [0.25, 0.3) is 0 Å². The number of carbonyl (C=O) groups is 2. The molecule has 1 N–H and O–H groups in total. The van der Waals surface area contributed by atoms with Crippen molar-refractivity contribution in [2.24, 2.45) is 5.41 Å². The van der Waals surface area contributed by atoms with Crippen molar-refractivity contribution in [3.05, 3.63) is 35.4 Å². The molecule has 0 unspecified atom stereocenters. The molecular weight excluding hydrogens is 289 g/mol. The zero-order valence-electron chi connectivity index (χ0n) is 11.7. The van der Waals surface area contributed by atoms with Gasteiger partial charge in [-0.2, -0.15) is 13.2 Å². The van der Waals surface area contributed by atoms with Crippen molar-refractivity contribution in [2.75, 3.05) is 0 Å². The van der Waals surface area contributed by atoms with Crippen LogP contribution in [-0.4, -0.2) is 29.3 Å². The molecule has 1 rings (SSSR count). The Kier molecular flexibility index (Phi) is 4.65. The summed E-state index contributed by atoms with van der Waals surface area (Å²) in [6, 6.07) is 4.95. The van der Waals surface area contributed by atoms with Crippen LogP contribution in [0.5, 0.6) is 0 Å². The fraction of sp³-hybridized carbons (Fsp3) is 0.429. The van der Waals surface area contributed by atoms with Crippen molar-refractivity contribution in [1.29, 1.82) is 0 Å². The monoisotopic (exact) mass is 304 g/mol. The van der Waals surface area contributed by atoms with Crippen LogP contribution in [0.15, 0.2) is 24.3 Å². The van der Waals surface area contributed by atoms with Gasteiger partial charge in [0.05, 0.1) is 11.1 Å². The number of rotatable bonds is 3. The van der Waals surface area contributed by atoms with E-state index in [2.05, 4.69) is 4.74 Å². The Labute approximate surface area is 119 Å². The molecule has 0 radical (unpaired) electrons. The number of hydrogen-bond acceptors (Lipinski definition) is 3. The highest BCUT2D eigenvalue weighted by molar-refractivity contribution is 6.02. The van der Waals surface area contributed by atoms with Gasteiger partial charge in [-0.3, -0.25) is 0 Å². The molecule has 1 aromatic carbocycles. The van der Waals surface area contributed by atoms with Crippen LogP contribution >= 0.6 is 0 Å². The first-order valence-corrected chi connectivity index (χ1v) is 6.04. The number of carboxylic acids is 1. The highest BCUT2D eigenvalue weighted by Gasteiger charge is 2.50. The SMILES string of the molecule is CC(C)(C)[C@@H](OC(=O)c1ccccc1C(=O)O)C(F)(F)F. The standard InChI is InChI=1S/C14H15F3O4/c1-13(2,3)12(14(15,16)17)21-11(20)9-7-5-4-6-8(9)10(18)19/h4-7,12H,1-3H3,(H,18,19)/t12-/m1/s1. The van der Waals surface area contributed by atoms with Crippen LogP contribution in [0.2, 0.25) is 0 Å². The normalized spacial score (nSPS) is 13.6. The van der Waals surface area contributed by atoms with Crippen LogP contribution in [0.3, 0.4) is 0 Å². The molecule has 1 aromatic rings. The molecule has 1 atom stereocenters. The van der Waals surface area contributed by atoms with Crippen molar-refractivity contribution in [1.82, 2.24) is 0 Å². The summed E-state index contributed by atoms with van der Waals surface area (Å²) in [5.74, 6) is -2.73. The van der Waals surface area contributed by atoms with E-state index in [4.69, 9.17) is 5.11 Å². The lowest BCUT2D eigenvalue weighted by atomic mass is 9.88. The predicted molar refractivity (Wildman–Crippen MR) is 68.1 cm³/mol. The first-order chi connectivity index (χ1) is 9.44. The maximum Gasteiger partial charge on any atom is 0.426 e. The van der Waals surface area contributed by atoms with E-state index < -0.39 is 40.8 Å². The molecule has 0 aliphatic rings. The van der Waals surface area contributed by atoms with E-state index in [1.807, 2.05) is 0 Å². The number of benzene rings is 1. The summed E-state index contributed by atoms with van der Waals surface area (Å²) in [7, 11) is 0. The van der Waals surface area contributed by atoms with Crippen molar-refractivity contribution in [2.45, 2.75) is 33.1 Å². The molecule has 0 heterocycles. The van der Waals surface area contributed by atoms with Crippen LogP contribution < -0.4 is 0 Å². The van der Waals surface area contributed by atoms with E-state index >= 15 is 0 Å². The second-order valence-corrected chi connectivity index (χ2v) is 5.54. The molecule has 116 valence electrons. The Morgan fingerprint density at radius 3 is 1.95 bits per heavy atom. The fourth-order valence-corrected chi connectivity index (χ4v) is 1.75. The topological polar surface area (TPSA) is 63.6 Å². The van der Waals surface area contributed by atoms with Gasteiger partial charge in [-0.25, -0.2) is 9.59 Å². The molecule has 4 nitrogen and oxygen atoms in total. The molecule has 0 bridgehead atoms. The second kappa shape index (κ2) is 5.75. The number of alkyl halides is 3. The first-order valence-electron chi connectivity index (χ1n) is 6.04. The lowest BCUT2D eigenvalue weighted by molar-refractivity contribution is -0.231. The zero-order chi connectivity index (χ0) is 16.4. The number of carboxylic acid groups (broad SMARTS) is 1. The average Bonchev–Trinajstić information content (AvgIpc) is 2.32. The molecule has 0 aromatic heterocycles. The molecule has 0 amide bonds. The maximum absolute atomic E-state index is 13.0. The third-order valence-corrected chi connectivity index (χ3v) is 2.69. The van der Waals surface area contributed by atoms with Crippen molar-refractivity contribution in [3.63, 3.8) is 0 Å². The van der Waals surface area contributed by atoms with Gasteiger partial charge in [0.1, 0.15) is 0 Å². The minimum Gasteiger partial charge on any atom is -0.478 e. The maximum atomic E-state index is 13.0. The largest absolute Gasteiger partial charge is 0.478 e. The van der Waals surface area contributed by atoms with E-state index in [1.165, 1.54) is 32.9 Å². The number of esters is 1. The zero-order valence-corrected chi connectivity index (χ0v) is 11.7. The third-order valence-electron chi connectivity index (χ3n) is 2.69. The van der Waals surface area contributed by atoms with Gasteiger partial charge in [0.25, 0.3) is 0 Å². The number of hydrogen-bond donors (Lipinski definition) is 1. The van der Waals surface area contributed by atoms with Gasteiger partial charge >= 0.3 is 18.1 Å². The van der Waals surface area contributed by atoms with Crippen molar-refractivity contribution in [3.8, 4) is 0 Å². The van der Waals surface area contributed by atoms with E-state index in [-0.39, 0.29) is 0 Å². The molecule has 21 heavy (non-hydrogen) atoms. The summed E-state index contributed by atoms with van der Waals surface area (Å²) in [4.78, 5) is 22.9. The molecule has 0 saturated carbocycles. The lowest BCUT2D eigenvalue weighted by Crippen LogP contribution is -2.44. The first kappa shape index (κ1) is 17.0. The third kappa shape index (κ3) is 4.21. The van der Waals surface area contributed by atoms with Gasteiger partial charge in [0.15, 0.2) is 0 Å². The van der Waals surface area contributed by atoms with E-state index in [0.717, 1.165) is 12.1 Å². The van der Waals surface area contributed by atoms with Gasteiger partial charge in [-0.1, -0.05) is 32.9 Å².